The van der Waals surface area contributed by atoms with Crippen LogP contribution in [-0.4, -0.2) is 9.36 Å². The van der Waals surface area contributed by atoms with Gasteiger partial charge >= 0.3 is 0 Å². The van der Waals surface area contributed by atoms with Crippen molar-refractivity contribution in [3.05, 3.63) is 33.7 Å². The number of alkyl halides is 1. The average Bonchev–Trinajstić information content (AvgIpc) is 2.67. The van der Waals surface area contributed by atoms with Crippen molar-refractivity contribution in [2.75, 3.05) is 0 Å². The lowest BCUT2D eigenvalue weighted by Gasteiger charge is -1.94. The lowest BCUT2D eigenvalue weighted by Crippen LogP contribution is -1.80. The molecule has 14 heavy (non-hydrogen) atoms. The normalized spacial score (nSPS) is 10.4. The van der Waals surface area contributed by atoms with Gasteiger partial charge in [-0.3, -0.25) is 0 Å². The maximum atomic E-state index is 5.65. The molecule has 0 radical (unpaired) electrons. The second kappa shape index (κ2) is 4.38. The van der Waals surface area contributed by atoms with Crippen LogP contribution in [0.4, 0.5) is 0 Å². The third-order valence-electron chi connectivity index (χ3n) is 1.68. The zero-order valence-electron chi connectivity index (χ0n) is 7.08. The van der Waals surface area contributed by atoms with Crippen LogP contribution in [0, 0.1) is 0 Å². The SMILES string of the molecule is ClCc1nc(-c2ccc(Br)cc2)ns1. The van der Waals surface area contributed by atoms with Crippen LogP contribution in [0.3, 0.4) is 0 Å². The van der Waals surface area contributed by atoms with Crippen molar-refractivity contribution in [3.63, 3.8) is 0 Å². The molecule has 1 aromatic carbocycles. The summed E-state index contributed by atoms with van der Waals surface area (Å²) in [7, 11) is 0. The number of rotatable bonds is 2. The summed E-state index contributed by atoms with van der Waals surface area (Å²) in [4.78, 5) is 4.29. The van der Waals surface area contributed by atoms with E-state index in [4.69, 9.17) is 11.6 Å². The van der Waals surface area contributed by atoms with Crippen molar-refractivity contribution >= 4 is 39.1 Å². The van der Waals surface area contributed by atoms with Crippen LogP contribution in [0.2, 0.25) is 0 Å². The van der Waals surface area contributed by atoms with E-state index in [0.717, 1.165) is 20.9 Å². The lowest BCUT2D eigenvalue weighted by molar-refractivity contribution is 1.23. The van der Waals surface area contributed by atoms with E-state index in [2.05, 4.69) is 25.3 Å². The number of aromatic nitrogens is 2. The molecule has 0 aliphatic carbocycles. The maximum Gasteiger partial charge on any atom is 0.173 e. The molecule has 5 heteroatoms. The quantitative estimate of drug-likeness (QED) is 0.788. The molecule has 0 aliphatic rings. The largest absolute Gasteiger partial charge is 0.218 e. The Labute approximate surface area is 99.2 Å². The highest BCUT2D eigenvalue weighted by Crippen LogP contribution is 2.21. The number of halogens is 2. The Morgan fingerprint density at radius 2 is 2.00 bits per heavy atom. The van der Waals surface area contributed by atoms with Gasteiger partial charge in [0.05, 0.1) is 5.88 Å². The first kappa shape index (κ1) is 10.1. The van der Waals surface area contributed by atoms with Gasteiger partial charge in [-0.1, -0.05) is 28.1 Å². The predicted molar refractivity (Wildman–Crippen MR) is 62.6 cm³/mol. The molecule has 0 fully saturated rings. The van der Waals surface area contributed by atoms with E-state index in [1.54, 1.807) is 0 Å². The summed E-state index contributed by atoms with van der Waals surface area (Å²) in [6.07, 6.45) is 0. The van der Waals surface area contributed by atoms with Crippen LogP contribution in [0.15, 0.2) is 28.7 Å². The summed E-state index contributed by atoms with van der Waals surface area (Å²) in [6, 6.07) is 7.89. The molecule has 2 rings (SSSR count). The maximum absolute atomic E-state index is 5.65. The summed E-state index contributed by atoms with van der Waals surface area (Å²) in [5, 5.41) is 0.851. The van der Waals surface area contributed by atoms with Gasteiger partial charge < -0.3 is 0 Å². The fourth-order valence-electron chi connectivity index (χ4n) is 1.03. The third-order valence-corrected chi connectivity index (χ3v) is 3.34. The Morgan fingerprint density at radius 3 is 2.57 bits per heavy atom. The molecule has 0 bridgehead atoms. The zero-order valence-corrected chi connectivity index (χ0v) is 10.2. The van der Waals surface area contributed by atoms with E-state index in [1.165, 1.54) is 11.5 Å². The molecule has 0 spiro atoms. The Bertz CT molecular complexity index is 427. The van der Waals surface area contributed by atoms with Gasteiger partial charge in [0.2, 0.25) is 0 Å². The minimum atomic E-state index is 0.425. The van der Waals surface area contributed by atoms with Crippen molar-refractivity contribution in [1.29, 1.82) is 0 Å². The molecule has 0 saturated carbocycles. The standard InChI is InChI=1S/C9H6BrClN2S/c10-7-3-1-6(2-4-7)9-12-8(5-11)14-13-9/h1-4H,5H2. The van der Waals surface area contributed by atoms with Crippen molar-refractivity contribution in [3.8, 4) is 11.4 Å². The third kappa shape index (κ3) is 2.13. The van der Waals surface area contributed by atoms with Gasteiger partial charge in [-0.25, -0.2) is 4.98 Å². The average molecular weight is 290 g/mol. The highest BCUT2D eigenvalue weighted by Gasteiger charge is 2.04. The highest BCUT2D eigenvalue weighted by molar-refractivity contribution is 9.10. The fraction of sp³-hybridized carbons (Fsp3) is 0.111. The van der Waals surface area contributed by atoms with Crippen LogP contribution in [0.1, 0.15) is 5.01 Å². The van der Waals surface area contributed by atoms with Gasteiger partial charge in [-0.15, -0.1) is 11.6 Å². The van der Waals surface area contributed by atoms with E-state index in [0.29, 0.717) is 5.88 Å². The van der Waals surface area contributed by atoms with Crippen LogP contribution in [-0.2, 0) is 5.88 Å². The molecule has 0 aliphatic heterocycles. The molecule has 1 heterocycles. The van der Waals surface area contributed by atoms with E-state index in [9.17, 15) is 0 Å². The van der Waals surface area contributed by atoms with Gasteiger partial charge in [0.1, 0.15) is 5.01 Å². The number of hydrogen-bond acceptors (Lipinski definition) is 3. The van der Waals surface area contributed by atoms with Crippen LogP contribution < -0.4 is 0 Å². The Balaban J connectivity index is 2.34. The van der Waals surface area contributed by atoms with Crippen LogP contribution >= 0.6 is 39.1 Å². The van der Waals surface area contributed by atoms with Gasteiger partial charge in [0.15, 0.2) is 5.82 Å². The van der Waals surface area contributed by atoms with Gasteiger partial charge in [-0.2, -0.15) is 4.37 Å². The van der Waals surface area contributed by atoms with Gasteiger partial charge in [0.25, 0.3) is 0 Å². The Morgan fingerprint density at radius 1 is 1.29 bits per heavy atom. The molecule has 1 aromatic heterocycles. The highest BCUT2D eigenvalue weighted by atomic mass is 79.9. The molecule has 2 nitrogen and oxygen atoms in total. The fourth-order valence-corrected chi connectivity index (χ4v) is 2.01. The molecule has 0 atom stereocenters. The van der Waals surface area contributed by atoms with Crippen molar-refractivity contribution in [2.24, 2.45) is 0 Å². The van der Waals surface area contributed by atoms with Gasteiger partial charge in [-0.05, 0) is 23.7 Å². The Hall–Kier alpha value is -0.450. The second-order valence-corrected chi connectivity index (χ2v) is 4.67. The second-order valence-electron chi connectivity index (χ2n) is 2.65. The monoisotopic (exact) mass is 288 g/mol. The summed E-state index contributed by atoms with van der Waals surface area (Å²) in [5.74, 6) is 1.17. The topological polar surface area (TPSA) is 25.8 Å². The van der Waals surface area contributed by atoms with Crippen molar-refractivity contribution in [1.82, 2.24) is 9.36 Å². The summed E-state index contributed by atoms with van der Waals surface area (Å²) < 4.78 is 5.27. The van der Waals surface area contributed by atoms with Gasteiger partial charge in [0, 0.05) is 10.0 Å². The van der Waals surface area contributed by atoms with Crippen LogP contribution in [0.5, 0.6) is 0 Å². The Kier molecular flexibility index (Phi) is 3.15. The predicted octanol–water partition coefficient (Wildman–Crippen LogP) is 3.71. The molecule has 0 amide bonds. The number of hydrogen-bond donors (Lipinski definition) is 0. The van der Waals surface area contributed by atoms with E-state index >= 15 is 0 Å². The summed E-state index contributed by atoms with van der Waals surface area (Å²) >= 11 is 10.4. The lowest BCUT2D eigenvalue weighted by atomic mass is 10.2. The molecule has 72 valence electrons. The van der Waals surface area contributed by atoms with E-state index in [-0.39, 0.29) is 0 Å². The minimum absolute atomic E-state index is 0.425. The molecular formula is C9H6BrClN2S. The number of benzene rings is 1. The summed E-state index contributed by atoms with van der Waals surface area (Å²) in [5.41, 5.74) is 1.01. The minimum Gasteiger partial charge on any atom is -0.218 e. The number of nitrogens with zero attached hydrogens (tertiary/aromatic N) is 2. The smallest absolute Gasteiger partial charge is 0.173 e. The molecule has 2 aromatic rings. The summed E-state index contributed by atoms with van der Waals surface area (Å²) in [6.45, 7) is 0. The first-order chi connectivity index (χ1) is 6.79. The first-order valence-corrected chi connectivity index (χ1v) is 6.04. The van der Waals surface area contributed by atoms with E-state index < -0.39 is 0 Å². The molecule has 0 N–H and O–H groups in total. The molecule has 0 saturated heterocycles. The van der Waals surface area contributed by atoms with E-state index in [1.807, 2.05) is 24.3 Å². The molecular weight excluding hydrogens is 284 g/mol. The van der Waals surface area contributed by atoms with Crippen molar-refractivity contribution < 1.29 is 0 Å². The van der Waals surface area contributed by atoms with Crippen molar-refractivity contribution in [2.45, 2.75) is 5.88 Å². The van der Waals surface area contributed by atoms with Crippen LogP contribution in [0.25, 0.3) is 11.4 Å². The first-order valence-electron chi connectivity index (χ1n) is 3.94. The zero-order chi connectivity index (χ0) is 9.97. The molecule has 0 unspecified atom stereocenters.